The number of para-hydroxylation sites is 1. The van der Waals surface area contributed by atoms with Gasteiger partial charge in [0.2, 0.25) is 17.9 Å². The molecule has 234 valence electrons. The van der Waals surface area contributed by atoms with Crippen molar-refractivity contribution in [3.63, 3.8) is 0 Å². The minimum atomic E-state index is -0.523. The van der Waals surface area contributed by atoms with Gasteiger partial charge in [-0.25, -0.2) is 9.98 Å². The van der Waals surface area contributed by atoms with Gasteiger partial charge in [0.05, 0.1) is 5.69 Å². The maximum atomic E-state index is 6.21. The fourth-order valence-corrected chi connectivity index (χ4v) is 4.59. The van der Waals surface area contributed by atoms with E-state index in [4.69, 9.17) is 40.3 Å². The highest BCUT2D eigenvalue weighted by atomic mass is 35.5. The van der Waals surface area contributed by atoms with E-state index in [-0.39, 0.29) is 42.7 Å². The van der Waals surface area contributed by atoms with Crippen molar-refractivity contribution in [1.82, 2.24) is 0 Å². The minimum absolute atomic E-state index is 0. The number of nitrogens with zero attached hydrogens (tertiary/aromatic N) is 5. The van der Waals surface area contributed by atoms with E-state index in [0.717, 1.165) is 18.5 Å². The highest BCUT2D eigenvalue weighted by Crippen LogP contribution is 2.32. The normalized spacial score (nSPS) is 16.1. The van der Waals surface area contributed by atoms with Crippen LogP contribution in [0.1, 0.15) is 78.1 Å². The highest BCUT2D eigenvalue weighted by Gasteiger charge is 2.36. The zero-order valence-corrected chi connectivity index (χ0v) is 27.0. The lowest BCUT2D eigenvalue weighted by Crippen LogP contribution is -2.56. The van der Waals surface area contributed by atoms with Crippen LogP contribution in [0.25, 0.3) is 0 Å². The van der Waals surface area contributed by atoms with Crippen molar-refractivity contribution in [2.75, 3.05) is 4.90 Å². The predicted molar refractivity (Wildman–Crippen MR) is 185 cm³/mol. The summed E-state index contributed by atoms with van der Waals surface area (Å²) in [4.78, 5) is 18.3. The molecular formula is C29H47Cl3N10. The van der Waals surface area contributed by atoms with Crippen molar-refractivity contribution in [3.8, 4) is 0 Å². The Morgan fingerprint density at radius 2 is 1.38 bits per heavy atom. The van der Waals surface area contributed by atoms with E-state index in [2.05, 4.69) is 33.8 Å². The van der Waals surface area contributed by atoms with Gasteiger partial charge in [-0.15, -0.1) is 24.8 Å². The maximum Gasteiger partial charge on any atom is 0.223 e. The van der Waals surface area contributed by atoms with Gasteiger partial charge in [0, 0.05) is 10.7 Å². The largest absolute Gasteiger partial charge is 0.370 e. The second kappa shape index (κ2) is 20.6. The second-order valence-corrected chi connectivity index (χ2v) is 10.3. The summed E-state index contributed by atoms with van der Waals surface area (Å²) in [5.74, 6) is 0.572. The molecule has 3 rings (SSSR count). The Morgan fingerprint density at radius 3 is 1.93 bits per heavy atom. The van der Waals surface area contributed by atoms with E-state index in [1.165, 1.54) is 51.4 Å². The van der Waals surface area contributed by atoms with Gasteiger partial charge in [0.25, 0.3) is 0 Å². The van der Waals surface area contributed by atoms with Gasteiger partial charge >= 0.3 is 0 Å². The average Bonchev–Trinajstić information content (AvgIpc) is 2.89. The van der Waals surface area contributed by atoms with Crippen LogP contribution in [-0.2, 0) is 0 Å². The Hall–Kier alpha value is -3.21. The number of benzene rings is 2. The zero-order chi connectivity index (χ0) is 29.4. The van der Waals surface area contributed by atoms with Gasteiger partial charge in [-0.2, -0.15) is 9.98 Å². The molecule has 0 radical (unpaired) electrons. The Morgan fingerprint density at radius 1 is 0.833 bits per heavy atom. The molecule has 1 heterocycles. The number of nitrogens with two attached hydrogens (primary N) is 5. The number of rotatable bonds is 12. The summed E-state index contributed by atoms with van der Waals surface area (Å²) in [5, 5.41) is 0.690. The maximum absolute atomic E-state index is 6.21. The number of hydrogen-bond acceptors (Lipinski definition) is 6. The molecule has 2 aromatic carbocycles. The topological polar surface area (TPSA) is 183 Å². The molecule has 0 saturated carbocycles. The molecule has 13 heteroatoms. The van der Waals surface area contributed by atoms with Crippen LogP contribution in [0.4, 0.5) is 11.4 Å². The first-order chi connectivity index (χ1) is 19.1. The van der Waals surface area contributed by atoms with E-state index >= 15 is 0 Å². The van der Waals surface area contributed by atoms with Gasteiger partial charge in [-0.05, 0) is 56.2 Å². The lowest BCUT2D eigenvalue weighted by Gasteiger charge is -2.41. The lowest BCUT2D eigenvalue weighted by molar-refractivity contribution is 0.416. The zero-order valence-electron chi connectivity index (χ0n) is 24.6. The molecule has 10 nitrogen and oxygen atoms in total. The quantitative estimate of drug-likeness (QED) is 0.105. The molecule has 0 saturated heterocycles. The second-order valence-electron chi connectivity index (χ2n) is 9.89. The number of unbranched alkanes of at least 4 members (excludes halogenated alkanes) is 8. The van der Waals surface area contributed by atoms with Crippen molar-refractivity contribution in [1.29, 1.82) is 0 Å². The van der Waals surface area contributed by atoms with Gasteiger partial charge in [-0.1, -0.05) is 88.1 Å². The molecule has 1 aliphatic rings. The molecule has 1 atom stereocenters. The van der Waals surface area contributed by atoms with Crippen molar-refractivity contribution in [2.45, 2.75) is 83.7 Å². The van der Waals surface area contributed by atoms with Crippen molar-refractivity contribution >= 4 is 71.6 Å². The number of aliphatic imine (C=N–C) groups is 4. The Kier molecular flexibility index (Phi) is 19.1. The molecule has 0 bridgehead atoms. The molecule has 0 aromatic heterocycles. The van der Waals surface area contributed by atoms with Crippen LogP contribution in [0.15, 0.2) is 74.6 Å². The third-order valence-electron chi connectivity index (χ3n) is 6.38. The molecule has 1 unspecified atom stereocenters. The van der Waals surface area contributed by atoms with Crippen molar-refractivity contribution < 1.29 is 0 Å². The Balaban J connectivity index is 0.000000949. The first-order valence-electron chi connectivity index (χ1n) is 13.9. The van der Waals surface area contributed by atoms with E-state index in [9.17, 15) is 0 Å². The molecule has 0 fully saturated rings. The van der Waals surface area contributed by atoms with Crippen LogP contribution in [0.5, 0.6) is 0 Å². The molecule has 1 aliphatic heterocycles. The Labute approximate surface area is 267 Å². The summed E-state index contributed by atoms with van der Waals surface area (Å²) in [6.45, 7) is 4.33. The number of hydrogen-bond donors (Lipinski definition) is 5. The monoisotopic (exact) mass is 640 g/mol. The van der Waals surface area contributed by atoms with Crippen LogP contribution in [-0.4, -0.2) is 29.5 Å². The molecule has 0 aliphatic carbocycles. The van der Waals surface area contributed by atoms with E-state index < -0.39 is 5.66 Å². The van der Waals surface area contributed by atoms with Crippen molar-refractivity contribution in [2.24, 2.45) is 48.6 Å². The summed E-state index contributed by atoms with van der Waals surface area (Å²) in [6.07, 6.45) is 12.5. The van der Waals surface area contributed by atoms with Crippen molar-refractivity contribution in [3.05, 3.63) is 59.6 Å². The van der Waals surface area contributed by atoms with E-state index in [0.29, 0.717) is 16.7 Å². The standard InChI is InChI=1S/C21H34ClN5.C8H11N5.2ClH/c1-3-4-5-6-7-8-9-10-11-16-21(2)26-19(23)25-20(24)27(21)18-14-12-17(22)13-15-18;9-7(10)13-8(11)12-6-4-2-1-3-5-6;;/h12-15H,3-11,16H2,1-2H3,(H4,23,24,25,26);1-5H,(H6,9,10,11,12,13);2*1H. The smallest absolute Gasteiger partial charge is 0.223 e. The number of guanidine groups is 4. The summed E-state index contributed by atoms with van der Waals surface area (Å²) in [6, 6.07) is 16.8. The first-order valence-corrected chi connectivity index (χ1v) is 14.3. The molecule has 2 aromatic rings. The highest BCUT2D eigenvalue weighted by molar-refractivity contribution is 6.30. The summed E-state index contributed by atoms with van der Waals surface area (Å²) in [5.41, 5.74) is 28.9. The SMILES string of the molecule is CCCCCCCCCCCC1(C)N=C(N)N=C(N)N1c1ccc(Cl)cc1.Cl.Cl.NC(N)=NC(N)=Nc1ccccc1. The lowest BCUT2D eigenvalue weighted by atomic mass is 9.99. The van der Waals surface area contributed by atoms with E-state index in [1.807, 2.05) is 47.4 Å². The Bertz CT molecular complexity index is 1150. The third kappa shape index (κ3) is 14.1. The van der Waals surface area contributed by atoms with Gasteiger partial charge in [0.15, 0.2) is 5.96 Å². The third-order valence-corrected chi connectivity index (χ3v) is 6.63. The summed E-state index contributed by atoms with van der Waals surface area (Å²) in [7, 11) is 0. The van der Waals surface area contributed by atoms with Crippen LogP contribution in [0, 0.1) is 0 Å². The summed E-state index contributed by atoms with van der Waals surface area (Å²) < 4.78 is 0. The van der Waals surface area contributed by atoms with Gasteiger partial charge < -0.3 is 28.7 Å². The van der Waals surface area contributed by atoms with E-state index in [1.54, 1.807) is 12.1 Å². The minimum Gasteiger partial charge on any atom is -0.370 e. The van der Waals surface area contributed by atoms with Crippen LogP contribution < -0.4 is 33.6 Å². The molecule has 10 N–H and O–H groups in total. The first kappa shape index (κ1) is 38.8. The fourth-order valence-electron chi connectivity index (χ4n) is 4.47. The molecule has 42 heavy (non-hydrogen) atoms. The molecule has 0 spiro atoms. The predicted octanol–water partition coefficient (Wildman–Crippen LogP) is 6.18. The van der Waals surface area contributed by atoms with Gasteiger partial charge in [0.1, 0.15) is 5.66 Å². The number of anilines is 1. The van der Waals surface area contributed by atoms with Gasteiger partial charge in [-0.3, -0.25) is 4.90 Å². The molecular weight excluding hydrogens is 595 g/mol. The van der Waals surface area contributed by atoms with Crippen LogP contribution in [0.2, 0.25) is 5.02 Å². The molecule has 0 amide bonds. The fraction of sp³-hybridized carbons (Fsp3) is 0.448. The number of halogens is 3. The van der Waals surface area contributed by atoms with Crippen LogP contribution in [0.3, 0.4) is 0 Å². The summed E-state index contributed by atoms with van der Waals surface area (Å²) >= 11 is 6.03. The average molecular weight is 642 g/mol. The van der Waals surface area contributed by atoms with Crippen LogP contribution >= 0.6 is 36.4 Å².